The van der Waals surface area contributed by atoms with Gasteiger partial charge < -0.3 is 10.6 Å². The first-order valence-electron chi connectivity index (χ1n) is 5.74. The average Bonchev–Trinajstić information content (AvgIpc) is 2.75. The number of amides is 1. The van der Waals surface area contributed by atoms with Gasteiger partial charge in [0.2, 0.25) is 11.9 Å². The molecule has 6 heteroatoms. The molecule has 0 aromatic rings. The summed E-state index contributed by atoms with van der Waals surface area (Å²) in [6.45, 7) is 2.55. The Hall–Kier alpha value is -1.30. The molecule has 0 atom stereocenters. The Morgan fingerprint density at radius 3 is 2.69 bits per heavy atom. The van der Waals surface area contributed by atoms with Gasteiger partial charge in [-0.3, -0.25) is 15.2 Å². The summed E-state index contributed by atoms with van der Waals surface area (Å²) in [5.74, 6) is 5.93. The van der Waals surface area contributed by atoms with Gasteiger partial charge >= 0.3 is 0 Å². The molecule has 0 aliphatic heterocycles. The Labute approximate surface area is 96.0 Å². The third-order valence-corrected chi connectivity index (χ3v) is 2.59. The van der Waals surface area contributed by atoms with Crippen molar-refractivity contribution in [3.05, 3.63) is 0 Å². The molecule has 0 bridgehead atoms. The van der Waals surface area contributed by atoms with Crippen LogP contribution in [-0.4, -0.2) is 31.0 Å². The summed E-state index contributed by atoms with van der Waals surface area (Å²) >= 11 is 0. The van der Waals surface area contributed by atoms with E-state index >= 15 is 0 Å². The van der Waals surface area contributed by atoms with Crippen LogP contribution in [-0.2, 0) is 4.79 Å². The van der Waals surface area contributed by atoms with Crippen LogP contribution in [0.4, 0.5) is 0 Å². The second-order valence-corrected chi connectivity index (χ2v) is 3.98. The van der Waals surface area contributed by atoms with Crippen LogP contribution in [0.25, 0.3) is 0 Å². The summed E-state index contributed by atoms with van der Waals surface area (Å²) in [6.07, 6.45) is 4.88. The fourth-order valence-corrected chi connectivity index (χ4v) is 1.80. The third-order valence-electron chi connectivity index (χ3n) is 2.59. The number of carbonyl (C=O) groups excluding carboxylic acids is 1. The molecule has 0 radical (unpaired) electrons. The number of aliphatic imine (C=N–C) groups is 1. The summed E-state index contributed by atoms with van der Waals surface area (Å²) in [5.41, 5.74) is 2.54. The van der Waals surface area contributed by atoms with E-state index in [1.807, 2.05) is 0 Å². The number of nitrogens with two attached hydrogens (primary N) is 1. The van der Waals surface area contributed by atoms with E-state index in [2.05, 4.69) is 21.1 Å². The van der Waals surface area contributed by atoms with Gasteiger partial charge in [0.15, 0.2) is 0 Å². The molecular formula is C10H21N5O. The van der Waals surface area contributed by atoms with E-state index in [0.717, 1.165) is 0 Å². The first-order valence-corrected chi connectivity index (χ1v) is 5.74. The van der Waals surface area contributed by atoms with Crippen LogP contribution in [0.2, 0.25) is 0 Å². The summed E-state index contributed by atoms with van der Waals surface area (Å²) < 4.78 is 0. The number of guanidine groups is 1. The maximum atomic E-state index is 10.6. The maximum Gasteiger partial charge on any atom is 0.216 e. The number of hydrazine groups is 1. The van der Waals surface area contributed by atoms with Gasteiger partial charge in [-0.25, -0.2) is 5.84 Å². The highest BCUT2D eigenvalue weighted by Crippen LogP contribution is 2.17. The quantitative estimate of drug-likeness (QED) is 0.171. The van der Waals surface area contributed by atoms with E-state index in [1.54, 1.807) is 0 Å². The lowest BCUT2D eigenvalue weighted by Gasteiger charge is -2.14. The van der Waals surface area contributed by atoms with Crippen LogP contribution in [0, 0.1) is 0 Å². The van der Waals surface area contributed by atoms with Gasteiger partial charge in [-0.2, -0.15) is 0 Å². The molecule has 0 unspecified atom stereocenters. The molecule has 0 saturated heterocycles. The Balaban J connectivity index is 2.23. The number of rotatable bonds is 4. The number of nitrogens with one attached hydrogen (secondary N) is 3. The van der Waals surface area contributed by atoms with E-state index in [0.29, 0.717) is 25.1 Å². The minimum atomic E-state index is -0.0405. The predicted molar refractivity (Wildman–Crippen MR) is 63.7 cm³/mol. The number of hydrogen-bond donors (Lipinski definition) is 4. The molecule has 5 N–H and O–H groups in total. The molecular weight excluding hydrogens is 206 g/mol. The van der Waals surface area contributed by atoms with Crippen molar-refractivity contribution in [1.82, 2.24) is 16.1 Å². The first kappa shape index (κ1) is 12.8. The molecule has 1 amide bonds. The van der Waals surface area contributed by atoms with E-state index in [-0.39, 0.29) is 5.91 Å². The van der Waals surface area contributed by atoms with E-state index in [9.17, 15) is 4.79 Å². The normalized spacial score (nSPS) is 17.2. The Bertz CT molecular complexity index is 248. The molecule has 0 spiro atoms. The van der Waals surface area contributed by atoms with Gasteiger partial charge in [0, 0.05) is 19.5 Å². The van der Waals surface area contributed by atoms with E-state index in [1.165, 1.54) is 32.6 Å². The highest BCUT2D eigenvalue weighted by atomic mass is 16.1. The molecule has 0 aromatic carbocycles. The van der Waals surface area contributed by atoms with Crippen LogP contribution in [0.1, 0.15) is 32.6 Å². The van der Waals surface area contributed by atoms with Crippen molar-refractivity contribution >= 4 is 11.9 Å². The van der Waals surface area contributed by atoms with Crippen molar-refractivity contribution in [2.24, 2.45) is 10.8 Å². The molecule has 1 aliphatic rings. The summed E-state index contributed by atoms with van der Waals surface area (Å²) in [5, 5.41) is 5.93. The molecule has 92 valence electrons. The highest BCUT2D eigenvalue weighted by molar-refractivity contribution is 5.79. The number of hydrogen-bond acceptors (Lipinski definition) is 3. The number of carbonyl (C=O) groups is 1. The molecule has 1 aliphatic carbocycles. The zero-order valence-corrected chi connectivity index (χ0v) is 9.75. The topological polar surface area (TPSA) is 91.5 Å². The van der Waals surface area contributed by atoms with Crippen molar-refractivity contribution in [2.45, 2.75) is 38.6 Å². The average molecular weight is 227 g/mol. The number of nitrogens with zero attached hydrogens (tertiary/aromatic N) is 1. The zero-order valence-electron chi connectivity index (χ0n) is 9.75. The van der Waals surface area contributed by atoms with Gasteiger partial charge in [0.25, 0.3) is 0 Å². The maximum absolute atomic E-state index is 10.6. The van der Waals surface area contributed by atoms with Crippen molar-refractivity contribution in [2.75, 3.05) is 13.1 Å². The second kappa shape index (κ2) is 7.05. The summed E-state index contributed by atoms with van der Waals surface area (Å²) in [4.78, 5) is 14.9. The lowest BCUT2D eigenvalue weighted by atomic mass is 10.2. The minimum absolute atomic E-state index is 0.0405. The van der Waals surface area contributed by atoms with Crippen molar-refractivity contribution in [3.8, 4) is 0 Å². The van der Waals surface area contributed by atoms with Crippen LogP contribution in [0.15, 0.2) is 4.99 Å². The highest BCUT2D eigenvalue weighted by Gasteiger charge is 2.15. The molecule has 16 heavy (non-hydrogen) atoms. The lowest BCUT2D eigenvalue weighted by Crippen LogP contribution is -2.46. The smallest absolute Gasteiger partial charge is 0.216 e. The van der Waals surface area contributed by atoms with Crippen LogP contribution in [0.5, 0.6) is 0 Å². The Kier molecular flexibility index (Phi) is 5.63. The van der Waals surface area contributed by atoms with Crippen molar-refractivity contribution < 1.29 is 4.79 Å². The minimum Gasteiger partial charge on any atom is -0.354 e. The van der Waals surface area contributed by atoms with Crippen LogP contribution >= 0.6 is 0 Å². The van der Waals surface area contributed by atoms with Gasteiger partial charge in [0.05, 0.1) is 6.54 Å². The molecule has 1 saturated carbocycles. The molecule has 1 rings (SSSR count). The molecule has 1 fully saturated rings. The standard InChI is InChI=1S/C10H21N5O/c1-8(16)12-6-7-13-10(15-11)14-9-4-2-3-5-9/h9H,2-7,11H2,1H3,(H,12,16)(H2,13,14,15). The zero-order chi connectivity index (χ0) is 11.8. The first-order chi connectivity index (χ1) is 7.72. The predicted octanol–water partition coefficient (Wildman–Crippen LogP) is -0.526. The van der Waals surface area contributed by atoms with Crippen molar-refractivity contribution in [3.63, 3.8) is 0 Å². The van der Waals surface area contributed by atoms with Crippen LogP contribution in [0.3, 0.4) is 0 Å². The fourth-order valence-electron chi connectivity index (χ4n) is 1.80. The molecule has 0 heterocycles. The van der Waals surface area contributed by atoms with Crippen LogP contribution < -0.4 is 21.9 Å². The summed E-state index contributed by atoms with van der Waals surface area (Å²) in [6, 6.07) is 0.482. The monoisotopic (exact) mass is 227 g/mol. The summed E-state index contributed by atoms with van der Waals surface area (Å²) in [7, 11) is 0. The van der Waals surface area contributed by atoms with Gasteiger partial charge in [-0.05, 0) is 12.8 Å². The lowest BCUT2D eigenvalue weighted by molar-refractivity contribution is -0.118. The fraction of sp³-hybridized carbons (Fsp3) is 0.800. The Morgan fingerprint density at radius 1 is 1.44 bits per heavy atom. The third kappa shape index (κ3) is 4.97. The van der Waals surface area contributed by atoms with E-state index < -0.39 is 0 Å². The van der Waals surface area contributed by atoms with E-state index in [4.69, 9.17) is 5.84 Å². The Morgan fingerprint density at radius 2 is 2.12 bits per heavy atom. The molecule has 0 aromatic heterocycles. The van der Waals surface area contributed by atoms with Gasteiger partial charge in [-0.15, -0.1) is 0 Å². The SMILES string of the molecule is CC(=O)NCCN=C(NN)NC1CCCC1. The van der Waals surface area contributed by atoms with Gasteiger partial charge in [-0.1, -0.05) is 12.8 Å². The largest absolute Gasteiger partial charge is 0.354 e. The van der Waals surface area contributed by atoms with Gasteiger partial charge in [0.1, 0.15) is 0 Å². The molecule has 6 nitrogen and oxygen atoms in total. The second-order valence-electron chi connectivity index (χ2n) is 3.98. The van der Waals surface area contributed by atoms with Crippen molar-refractivity contribution in [1.29, 1.82) is 0 Å².